The highest BCUT2D eigenvalue weighted by molar-refractivity contribution is 5.79. The number of rotatable bonds is 6. The van der Waals surface area contributed by atoms with Gasteiger partial charge in [-0.15, -0.1) is 6.42 Å². The van der Waals surface area contributed by atoms with Gasteiger partial charge in [0.15, 0.2) is 5.96 Å². The Labute approximate surface area is 140 Å². The Morgan fingerprint density at radius 1 is 1.13 bits per heavy atom. The molecule has 0 saturated carbocycles. The normalized spacial score (nSPS) is 15.9. The van der Waals surface area contributed by atoms with Gasteiger partial charge in [-0.3, -0.25) is 4.90 Å². The molecule has 1 saturated heterocycles. The third-order valence-corrected chi connectivity index (χ3v) is 4.00. The maximum absolute atomic E-state index is 5.27. The first-order valence-electron chi connectivity index (χ1n) is 8.57. The summed E-state index contributed by atoms with van der Waals surface area (Å²) in [5, 5.41) is 6.29. The number of piperidine rings is 1. The molecule has 1 fully saturated rings. The second kappa shape index (κ2) is 9.91. The molecule has 1 aliphatic rings. The van der Waals surface area contributed by atoms with Crippen molar-refractivity contribution >= 4 is 5.96 Å². The Kier molecular flexibility index (Phi) is 7.48. The highest BCUT2D eigenvalue weighted by Crippen LogP contribution is 2.13. The van der Waals surface area contributed by atoms with Crippen LogP contribution in [-0.4, -0.2) is 37.0 Å². The van der Waals surface area contributed by atoms with Crippen molar-refractivity contribution in [1.82, 2.24) is 15.5 Å². The van der Waals surface area contributed by atoms with E-state index in [0.717, 1.165) is 19.0 Å². The average Bonchev–Trinajstić information content (AvgIpc) is 2.59. The minimum absolute atomic E-state index is 0.487. The van der Waals surface area contributed by atoms with Gasteiger partial charge in [0.05, 0.1) is 13.1 Å². The number of aliphatic imine (C=N–C) groups is 1. The van der Waals surface area contributed by atoms with Gasteiger partial charge in [-0.25, -0.2) is 4.99 Å². The molecule has 0 aliphatic carbocycles. The summed E-state index contributed by atoms with van der Waals surface area (Å²) in [5.41, 5.74) is 2.60. The Morgan fingerprint density at radius 2 is 1.83 bits per heavy atom. The van der Waals surface area contributed by atoms with Crippen molar-refractivity contribution in [2.75, 3.05) is 26.2 Å². The van der Waals surface area contributed by atoms with Crippen LogP contribution in [0, 0.1) is 12.3 Å². The van der Waals surface area contributed by atoms with Crippen molar-refractivity contribution in [1.29, 1.82) is 0 Å². The molecule has 0 spiro atoms. The first-order chi connectivity index (χ1) is 11.3. The molecular formula is C19H28N4. The lowest BCUT2D eigenvalue weighted by molar-refractivity contribution is 0.221. The number of benzene rings is 1. The molecule has 0 aromatic heterocycles. The molecule has 1 aromatic rings. The zero-order valence-electron chi connectivity index (χ0n) is 14.1. The molecule has 0 radical (unpaired) electrons. The number of hydrogen-bond acceptors (Lipinski definition) is 2. The standard InChI is InChI=1S/C19H28N4/c1-3-12-21-19(20-4-2)22-15-17-8-10-18(11-9-17)16-23-13-6-5-7-14-23/h1,8-11H,4-7,12-16H2,2H3,(H2,20,21,22). The largest absolute Gasteiger partial charge is 0.357 e. The number of nitrogens with one attached hydrogen (secondary N) is 2. The SMILES string of the molecule is C#CCNC(=NCc1ccc(CN2CCCCC2)cc1)NCC. The van der Waals surface area contributed by atoms with E-state index in [1.54, 1.807) is 0 Å². The number of likely N-dealkylation sites (tertiary alicyclic amines) is 1. The van der Waals surface area contributed by atoms with Gasteiger partial charge >= 0.3 is 0 Å². The number of nitrogens with zero attached hydrogens (tertiary/aromatic N) is 2. The quantitative estimate of drug-likeness (QED) is 0.481. The van der Waals surface area contributed by atoms with Gasteiger partial charge in [-0.05, 0) is 44.0 Å². The van der Waals surface area contributed by atoms with Gasteiger partial charge < -0.3 is 10.6 Å². The molecule has 0 bridgehead atoms. The first-order valence-corrected chi connectivity index (χ1v) is 8.57. The predicted octanol–water partition coefficient (Wildman–Crippen LogP) is 2.36. The van der Waals surface area contributed by atoms with Crippen molar-refractivity contribution in [3.8, 4) is 12.3 Å². The molecule has 1 heterocycles. The topological polar surface area (TPSA) is 39.7 Å². The van der Waals surface area contributed by atoms with E-state index in [9.17, 15) is 0 Å². The van der Waals surface area contributed by atoms with Crippen LogP contribution in [0.5, 0.6) is 0 Å². The first kappa shape index (κ1) is 17.4. The number of hydrogen-bond donors (Lipinski definition) is 2. The number of guanidine groups is 1. The van der Waals surface area contributed by atoms with Gasteiger partial charge in [-0.2, -0.15) is 0 Å². The van der Waals surface area contributed by atoms with Crippen LogP contribution in [0.25, 0.3) is 0 Å². The van der Waals surface area contributed by atoms with Crippen molar-refractivity contribution < 1.29 is 0 Å². The third kappa shape index (κ3) is 6.33. The van der Waals surface area contributed by atoms with Gasteiger partial charge in [0.1, 0.15) is 0 Å². The van der Waals surface area contributed by atoms with Gasteiger partial charge in [0.2, 0.25) is 0 Å². The molecule has 0 amide bonds. The van der Waals surface area contributed by atoms with Crippen LogP contribution in [0.1, 0.15) is 37.3 Å². The van der Waals surface area contributed by atoms with Crippen LogP contribution in [-0.2, 0) is 13.1 Å². The van der Waals surface area contributed by atoms with Crippen LogP contribution >= 0.6 is 0 Å². The fraction of sp³-hybridized carbons (Fsp3) is 0.526. The highest BCUT2D eigenvalue weighted by Gasteiger charge is 2.10. The lowest BCUT2D eigenvalue weighted by atomic mass is 10.1. The summed E-state index contributed by atoms with van der Waals surface area (Å²) in [6.07, 6.45) is 9.33. The highest BCUT2D eigenvalue weighted by atomic mass is 15.2. The van der Waals surface area contributed by atoms with Crippen molar-refractivity contribution in [3.63, 3.8) is 0 Å². The van der Waals surface area contributed by atoms with E-state index < -0.39 is 0 Å². The number of terminal acetylenes is 1. The van der Waals surface area contributed by atoms with E-state index in [0.29, 0.717) is 13.1 Å². The van der Waals surface area contributed by atoms with Crippen molar-refractivity contribution in [2.24, 2.45) is 4.99 Å². The Hall–Kier alpha value is -1.99. The summed E-state index contributed by atoms with van der Waals surface area (Å²) in [5.74, 6) is 3.33. The van der Waals surface area contributed by atoms with E-state index in [1.807, 2.05) is 6.92 Å². The summed E-state index contributed by atoms with van der Waals surface area (Å²) < 4.78 is 0. The molecule has 2 N–H and O–H groups in total. The Balaban J connectivity index is 1.86. The maximum atomic E-state index is 5.27. The monoisotopic (exact) mass is 312 g/mol. The zero-order valence-corrected chi connectivity index (χ0v) is 14.1. The zero-order chi connectivity index (χ0) is 16.3. The fourth-order valence-corrected chi connectivity index (χ4v) is 2.77. The van der Waals surface area contributed by atoms with E-state index >= 15 is 0 Å². The van der Waals surface area contributed by atoms with Crippen LogP contribution in [0.2, 0.25) is 0 Å². The Morgan fingerprint density at radius 3 is 2.48 bits per heavy atom. The maximum Gasteiger partial charge on any atom is 0.192 e. The minimum Gasteiger partial charge on any atom is -0.357 e. The third-order valence-electron chi connectivity index (χ3n) is 4.00. The second-order valence-corrected chi connectivity index (χ2v) is 5.91. The summed E-state index contributed by atoms with van der Waals surface area (Å²) >= 11 is 0. The molecule has 4 heteroatoms. The molecule has 0 unspecified atom stereocenters. The van der Waals surface area contributed by atoms with Gasteiger partial charge in [0.25, 0.3) is 0 Å². The Bertz CT molecular complexity index is 521. The molecule has 1 aromatic carbocycles. The molecule has 2 rings (SSSR count). The predicted molar refractivity (Wildman–Crippen MR) is 97.2 cm³/mol. The van der Waals surface area contributed by atoms with Crippen LogP contribution in [0.15, 0.2) is 29.3 Å². The van der Waals surface area contributed by atoms with Crippen LogP contribution in [0.4, 0.5) is 0 Å². The summed E-state index contributed by atoms with van der Waals surface area (Å²) in [6, 6.07) is 8.80. The van der Waals surface area contributed by atoms with E-state index in [2.05, 4.69) is 50.7 Å². The molecule has 4 nitrogen and oxygen atoms in total. The second-order valence-electron chi connectivity index (χ2n) is 5.91. The van der Waals surface area contributed by atoms with E-state index in [-0.39, 0.29) is 0 Å². The fourth-order valence-electron chi connectivity index (χ4n) is 2.77. The van der Waals surface area contributed by atoms with Crippen molar-refractivity contribution in [3.05, 3.63) is 35.4 Å². The summed E-state index contributed by atoms with van der Waals surface area (Å²) in [4.78, 5) is 7.10. The minimum atomic E-state index is 0.487. The van der Waals surface area contributed by atoms with Gasteiger partial charge in [0, 0.05) is 13.1 Å². The smallest absolute Gasteiger partial charge is 0.192 e. The molecule has 23 heavy (non-hydrogen) atoms. The van der Waals surface area contributed by atoms with Crippen LogP contribution in [0.3, 0.4) is 0 Å². The van der Waals surface area contributed by atoms with E-state index in [4.69, 9.17) is 6.42 Å². The van der Waals surface area contributed by atoms with E-state index in [1.165, 1.54) is 43.5 Å². The van der Waals surface area contributed by atoms with Gasteiger partial charge in [-0.1, -0.05) is 36.6 Å². The molecule has 0 atom stereocenters. The summed E-state index contributed by atoms with van der Waals surface area (Å²) in [7, 11) is 0. The molecule has 1 aliphatic heterocycles. The van der Waals surface area contributed by atoms with Crippen molar-refractivity contribution in [2.45, 2.75) is 39.3 Å². The summed E-state index contributed by atoms with van der Waals surface area (Å²) in [6.45, 7) is 7.55. The lowest BCUT2D eigenvalue weighted by Crippen LogP contribution is -2.37. The average molecular weight is 312 g/mol. The lowest BCUT2D eigenvalue weighted by Gasteiger charge is -2.26. The van der Waals surface area contributed by atoms with Crippen LogP contribution < -0.4 is 10.6 Å². The molecule has 124 valence electrons. The molecular weight excluding hydrogens is 284 g/mol.